The van der Waals surface area contributed by atoms with Crippen molar-refractivity contribution in [3.63, 3.8) is 0 Å². The number of hydrogen-bond acceptors (Lipinski definition) is 5. The number of ketones is 1. The van der Waals surface area contributed by atoms with Crippen LogP contribution in [0.15, 0.2) is 72.3 Å². The molecule has 1 atom stereocenters. The van der Waals surface area contributed by atoms with Crippen LogP contribution >= 0.6 is 0 Å². The molecule has 0 aliphatic carbocycles. The fraction of sp³-hybridized carbons (Fsp3) is 0.290. The lowest BCUT2D eigenvalue weighted by atomic mass is 9.93. The molecule has 0 saturated carbocycles. The third-order valence-corrected chi connectivity index (χ3v) is 6.70. The molecule has 6 heteroatoms. The summed E-state index contributed by atoms with van der Waals surface area (Å²) in [6.45, 7) is 10.6. The number of aliphatic hydroxyl groups is 1. The van der Waals surface area contributed by atoms with Gasteiger partial charge in [0.25, 0.3) is 11.7 Å². The monoisotopic (exact) mass is 499 g/mol. The van der Waals surface area contributed by atoms with Crippen molar-refractivity contribution in [3.05, 3.63) is 94.6 Å². The highest BCUT2D eigenvalue weighted by atomic mass is 16.5. The topological polar surface area (TPSA) is 87.1 Å². The molecule has 1 heterocycles. The van der Waals surface area contributed by atoms with Gasteiger partial charge >= 0.3 is 0 Å². The van der Waals surface area contributed by atoms with E-state index in [1.165, 1.54) is 17.0 Å². The zero-order valence-corrected chi connectivity index (χ0v) is 21.9. The SMILES string of the molecule is CCOc1ccc(/C(O)=C2/C(=O)C(=O)N(c3ccc(C(C)C)cc3)C2c2ccc(O)cc2)cc1C(C)C. The molecule has 1 aliphatic heterocycles. The van der Waals surface area contributed by atoms with Gasteiger partial charge < -0.3 is 14.9 Å². The molecule has 1 aliphatic rings. The predicted octanol–water partition coefficient (Wildman–Crippen LogP) is 6.66. The lowest BCUT2D eigenvalue weighted by Gasteiger charge is -2.26. The van der Waals surface area contributed by atoms with E-state index in [0.29, 0.717) is 29.3 Å². The van der Waals surface area contributed by atoms with Crippen molar-refractivity contribution < 1.29 is 24.5 Å². The number of anilines is 1. The highest BCUT2D eigenvalue weighted by Gasteiger charge is 2.47. The van der Waals surface area contributed by atoms with Crippen molar-refractivity contribution in [2.75, 3.05) is 11.5 Å². The minimum Gasteiger partial charge on any atom is -0.508 e. The first kappa shape index (κ1) is 26.0. The number of phenolic OH excluding ortho intramolecular Hbond substituents is 1. The molecule has 4 rings (SSSR count). The number of ether oxygens (including phenoxy) is 1. The first-order valence-corrected chi connectivity index (χ1v) is 12.6. The van der Waals surface area contributed by atoms with Crippen molar-refractivity contribution in [1.82, 2.24) is 0 Å². The molecule has 192 valence electrons. The van der Waals surface area contributed by atoms with Gasteiger partial charge in [0.05, 0.1) is 18.2 Å². The van der Waals surface area contributed by atoms with Gasteiger partial charge in [0.15, 0.2) is 0 Å². The number of rotatable bonds is 7. The first-order chi connectivity index (χ1) is 17.6. The predicted molar refractivity (Wildman–Crippen MR) is 145 cm³/mol. The smallest absolute Gasteiger partial charge is 0.300 e. The summed E-state index contributed by atoms with van der Waals surface area (Å²) >= 11 is 0. The molecule has 1 saturated heterocycles. The van der Waals surface area contributed by atoms with Gasteiger partial charge in [-0.3, -0.25) is 14.5 Å². The Hall–Kier alpha value is -4.06. The van der Waals surface area contributed by atoms with E-state index in [4.69, 9.17) is 4.74 Å². The fourth-order valence-corrected chi connectivity index (χ4v) is 4.68. The van der Waals surface area contributed by atoms with Gasteiger partial charge in [-0.1, -0.05) is 52.0 Å². The van der Waals surface area contributed by atoms with Crippen molar-refractivity contribution in [3.8, 4) is 11.5 Å². The summed E-state index contributed by atoms with van der Waals surface area (Å²) in [4.78, 5) is 28.3. The number of Topliss-reactive ketones (excluding diaryl/α,β-unsaturated/α-hetero) is 1. The molecule has 0 aromatic heterocycles. The fourth-order valence-electron chi connectivity index (χ4n) is 4.68. The average molecular weight is 500 g/mol. The van der Waals surface area contributed by atoms with Crippen LogP contribution in [0.1, 0.15) is 74.8 Å². The summed E-state index contributed by atoms with van der Waals surface area (Å²) in [5.41, 5.74) is 3.59. The number of benzene rings is 3. The zero-order chi connectivity index (χ0) is 26.9. The lowest BCUT2D eigenvalue weighted by molar-refractivity contribution is -0.132. The highest BCUT2D eigenvalue weighted by Crippen LogP contribution is 2.43. The van der Waals surface area contributed by atoms with Gasteiger partial charge in [-0.2, -0.15) is 0 Å². The van der Waals surface area contributed by atoms with Crippen LogP contribution in [0.4, 0.5) is 5.69 Å². The Bertz CT molecular complexity index is 1340. The van der Waals surface area contributed by atoms with Gasteiger partial charge in [-0.15, -0.1) is 0 Å². The number of aliphatic hydroxyl groups excluding tert-OH is 1. The second-order valence-electron chi connectivity index (χ2n) is 9.85. The molecule has 1 unspecified atom stereocenters. The van der Waals surface area contributed by atoms with E-state index in [9.17, 15) is 19.8 Å². The van der Waals surface area contributed by atoms with Crippen molar-refractivity contribution in [2.24, 2.45) is 0 Å². The molecule has 0 spiro atoms. The van der Waals surface area contributed by atoms with E-state index < -0.39 is 17.7 Å². The van der Waals surface area contributed by atoms with Crippen LogP contribution in [0.3, 0.4) is 0 Å². The minimum atomic E-state index is -0.862. The molecule has 2 N–H and O–H groups in total. The normalized spacial score (nSPS) is 17.2. The highest BCUT2D eigenvalue weighted by molar-refractivity contribution is 6.51. The second kappa shape index (κ2) is 10.5. The number of carbonyl (C=O) groups excluding carboxylic acids is 2. The van der Waals surface area contributed by atoms with Gasteiger partial charge in [0.2, 0.25) is 0 Å². The van der Waals surface area contributed by atoms with Crippen LogP contribution in [0.2, 0.25) is 0 Å². The van der Waals surface area contributed by atoms with Crippen molar-refractivity contribution in [2.45, 2.75) is 52.5 Å². The van der Waals surface area contributed by atoms with Gasteiger partial charge in [-0.25, -0.2) is 0 Å². The number of amides is 1. The van der Waals surface area contributed by atoms with E-state index in [0.717, 1.165) is 16.9 Å². The van der Waals surface area contributed by atoms with Gasteiger partial charge in [0, 0.05) is 11.3 Å². The first-order valence-electron chi connectivity index (χ1n) is 12.6. The molecular weight excluding hydrogens is 466 g/mol. The summed E-state index contributed by atoms with van der Waals surface area (Å²) in [6, 6.07) is 18.3. The Morgan fingerprint density at radius 3 is 2.14 bits per heavy atom. The maximum Gasteiger partial charge on any atom is 0.300 e. The van der Waals surface area contributed by atoms with Crippen molar-refractivity contribution in [1.29, 1.82) is 0 Å². The molecule has 6 nitrogen and oxygen atoms in total. The van der Waals surface area contributed by atoms with Crippen molar-refractivity contribution >= 4 is 23.1 Å². The van der Waals surface area contributed by atoms with E-state index in [2.05, 4.69) is 13.8 Å². The van der Waals surface area contributed by atoms with Gasteiger partial charge in [0.1, 0.15) is 17.3 Å². The number of aromatic hydroxyl groups is 1. The molecule has 3 aromatic carbocycles. The molecule has 3 aromatic rings. The molecule has 37 heavy (non-hydrogen) atoms. The standard InChI is InChI=1S/C31H33NO5/c1-6-37-26-16-11-22(17-25(26)19(4)5)29(34)27-28(21-9-14-24(33)15-10-21)32(31(36)30(27)35)23-12-7-20(8-13-23)18(2)3/h7-19,28,33-34H,6H2,1-5H3/b29-27-. The molecule has 0 bridgehead atoms. The maximum atomic E-state index is 13.4. The third-order valence-electron chi connectivity index (χ3n) is 6.70. The summed E-state index contributed by atoms with van der Waals surface area (Å²) in [5, 5.41) is 21.3. The third kappa shape index (κ3) is 4.96. The van der Waals surface area contributed by atoms with Crippen LogP contribution in [0.25, 0.3) is 5.76 Å². The van der Waals surface area contributed by atoms with Crippen LogP contribution in [0.5, 0.6) is 11.5 Å². The second-order valence-corrected chi connectivity index (χ2v) is 9.85. The van der Waals surface area contributed by atoms with Gasteiger partial charge in [-0.05, 0) is 77.9 Å². The number of hydrogen-bond donors (Lipinski definition) is 2. The number of carbonyl (C=O) groups is 2. The molecule has 1 fully saturated rings. The van der Waals surface area contributed by atoms with Crippen LogP contribution in [0, 0.1) is 0 Å². The van der Waals surface area contributed by atoms with Crippen LogP contribution in [-0.2, 0) is 9.59 Å². The minimum absolute atomic E-state index is 0.00231. The molecule has 1 amide bonds. The van der Waals surface area contributed by atoms with E-state index in [-0.39, 0.29) is 23.0 Å². The zero-order valence-electron chi connectivity index (χ0n) is 21.9. The summed E-state index contributed by atoms with van der Waals surface area (Å²) in [5.74, 6) is -0.515. The summed E-state index contributed by atoms with van der Waals surface area (Å²) in [7, 11) is 0. The average Bonchev–Trinajstić information content (AvgIpc) is 3.14. The largest absolute Gasteiger partial charge is 0.508 e. The summed E-state index contributed by atoms with van der Waals surface area (Å²) < 4.78 is 5.75. The number of phenols is 1. The Balaban J connectivity index is 1.90. The Kier molecular flexibility index (Phi) is 7.39. The van der Waals surface area contributed by atoms with E-state index in [1.54, 1.807) is 24.3 Å². The Morgan fingerprint density at radius 1 is 0.919 bits per heavy atom. The molecule has 0 radical (unpaired) electrons. The maximum absolute atomic E-state index is 13.4. The van der Waals surface area contributed by atoms with Crippen LogP contribution < -0.4 is 9.64 Å². The lowest BCUT2D eigenvalue weighted by Crippen LogP contribution is -2.29. The number of nitrogens with zero attached hydrogens (tertiary/aromatic N) is 1. The molecular formula is C31H33NO5. The quantitative estimate of drug-likeness (QED) is 0.216. The van der Waals surface area contributed by atoms with Crippen LogP contribution in [-0.4, -0.2) is 28.5 Å². The van der Waals surface area contributed by atoms with E-state index in [1.807, 2.05) is 51.1 Å². The Labute approximate surface area is 217 Å². The Morgan fingerprint density at radius 2 is 1.57 bits per heavy atom. The summed E-state index contributed by atoms with van der Waals surface area (Å²) in [6.07, 6.45) is 0. The van der Waals surface area contributed by atoms with E-state index >= 15 is 0 Å².